The molecule has 0 aliphatic heterocycles. The van der Waals surface area contributed by atoms with E-state index in [4.69, 9.17) is 15.2 Å². The summed E-state index contributed by atoms with van der Waals surface area (Å²) in [5.41, 5.74) is 6.54. The molecule has 21 heavy (non-hydrogen) atoms. The van der Waals surface area contributed by atoms with Crippen LogP contribution in [0.25, 0.3) is 0 Å². The van der Waals surface area contributed by atoms with Crippen molar-refractivity contribution in [3.05, 3.63) is 23.8 Å². The van der Waals surface area contributed by atoms with Gasteiger partial charge in [0.2, 0.25) is 5.91 Å². The van der Waals surface area contributed by atoms with Crippen LogP contribution in [0.5, 0.6) is 11.5 Å². The Hall–Kier alpha value is -1.75. The Bertz CT molecular complexity index is 495. The number of carbonyl (C=O) groups is 1. The van der Waals surface area contributed by atoms with Crippen LogP contribution in [0.3, 0.4) is 0 Å². The average Bonchev–Trinajstić information content (AvgIpc) is 2.44. The molecular weight excluding hydrogens is 268 g/mol. The highest BCUT2D eigenvalue weighted by molar-refractivity contribution is 5.82. The van der Waals surface area contributed by atoms with Crippen LogP contribution in [-0.2, 0) is 4.79 Å². The van der Waals surface area contributed by atoms with Crippen LogP contribution in [0.15, 0.2) is 18.2 Å². The molecule has 0 bridgehead atoms. The van der Waals surface area contributed by atoms with E-state index in [2.05, 4.69) is 5.32 Å². The smallest absolute Gasteiger partial charge is 0.237 e. The molecule has 0 heterocycles. The number of hydrogen-bond donors (Lipinski definition) is 2. The van der Waals surface area contributed by atoms with E-state index in [1.54, 1.807) is 14.2 Å². The summed E-state index contributed by atoms with van der Waals surface area (Å²) < 4.78 is 10.6. The van der Waals surface area contributed by atoms with Crippen molar-refractivity contribution in [3.63, 3.8) is 0 Å². The maximum absolute atomic E-state index is 12.2. The number of rotatable bonds is 5. The van der Waals surface area contributed by atoms with Crippen molar-refractivity contribution in [2.75, 3.05) is 14.2 Å². The molecular formula is C16H26N2O3. The van der Waals surface area contributed by atoms with E-state index in [9.17, 15) is 4.79 Å². The molecule has 5 heteroatoms. The maximum atomic E-state index is 12.2. The normalized spacial score (nSPS) is 14.2. The largest absolute Gasteiger partial charge is 0.497 e. The van der Waals surface area contributed by atoms with Gasteiger partial charge in [-0.1, -0.05) is 20.8 Å². The van der Waals surface area contributed by atoms with E-state index < -0.39 is 6.04 Å². The van der Waals surface area contributed by atoms with Gasteiger partial charge in [-0.05, 0) is 30.5 Å². The Balaban J connectivity index is 2.93. The molecule has 0 fully saturated rings. The van der Waals surface area contributed by atoms with Crippen LogP contribution >= 0.6 is 0 Å². The van der Waals surface area contributed by atoms with Crippen LogP contribution in [0.2, 0.25) is 0 Å². The van der Waals surface area contributed by atoms with E-state index >= 15 is 0 Å². The number of benzene rings is 1. The van der Waals surface area contributed by atoms with E-state index in [-0.39, 0.29) is 17.4 Å². The van der Waals surface area contributed by atoms with E-state index in [0.717, 1.165) is 5.56 Å². The Morgan fingerprint density at radius 3 is 2.33 bits per heavy atom. The molecule has 0 saturated carbocycles. The lowest BCUT2D eigenvalue weighted by Gasteiger charge is -2.28. The third-order valence-corrected chi connectivity index (χ3v) is 3.48. The fourth-order valence-electron chi connectivity index (χ4n) is 1.95. The van der Waals surface area contributed by atoms with Gasteiger partial charge in [-0.15, -0.1) is 0 Å². The summed E-state index contributed by atoms with van der Waals surface area (Å²) in [6.45, 7) is 7.71. The lowest BCUT2D eigenvalue weighted by atomic mass is 9.86. The van der Waals surface area contributed by atoms with Crippen LogP contribution < -0.4 is 20.5 Å². The minimum atomic E-state index is -0.573. The number of nitrogens with two attached hydrogens (primary N) is 1. The number of carbonyl (C=O) groups excluding carboxylic acids is 1. The van der Waals surface area contributed by atoms with Crippen LogP contribution in [0.4, 0.5) is 0 Å². The predicted molar refractivity (Wildman–Crippen MR) is 83.5 cm³/mol. The van der Waals surface area contributed by atoms with Gasteiger partial charge in [-0.3, -0.25) is 4.79 Å². The van der Waals surface area contributed by atoms with Crippen molar-refractivity contribution in [2.45, 2.75) is 39.8 Å². The standard InChI is InChI=1S/C16H26N2O3/c1-10(18-15(19)14(17)16(2,3)4)12-9-11(20-5)7-8-13(12)21-6/h7-10,14H,17H2,1-6H3,(H,18,19). The van der Waals surface area contributed by atoms with Crippen molar-refractivity contribution in [1.82, 2.24) is 5.32 Å². The van der Waals surface area contributed by atoms with Crippen molar-refractivity contribution in [3.8, 4) is 11.5 Å². The number of methoxy groups -OCH3 is 2. The molecule has 1 amide bonds. The quantitative estimate of drug-likeness (QED) is 0.873. The van der Waals surface area contributed by atoms with Crippen molar-refractivity contribution in [2.24, 2.45) is 11.1 Å². The molecule has 118 valence electrons. The molecule has 1 rings (SSSR count). The highest BCUT2D eigenvalue weighted by Crippen LogP contribution is 2.29. The summed E-state index contributed by atoms with van der Waals surface area (Å²) in [6, 6.07) is 4.69. The van der Waals surface area contributed by atoms with Gasteiger partial charge in [0.25, 0.3) is 0 Å². The third-order valence-electron chi connectivity index (χ3n) is 3.48. The lowest BCUT2D eigenvalue weighted by Crippen LogP contribution is -2.49. The highest BCUT2D eigenvalue weighted by Gasteiger charge is 2.28. The van der Waals surface area contributed by atoms with E-state index in [1.165, 1.54) is 0 Å². The summed E-state index contributed by atoms with van der Waals surface area (Å²) in [4.78, 5) is 12.2. The second-order valence-corrected chi connectivity index (χ2v) is 6.18. The Kier molecular flexibility index (Phi) is 5.61. The fourth-order valence-corrected chi connectivity index (χ4v) is 1.95. The van der Waals surface area contributed by atoms with Crippen LogP contribution in [0, 0.1) is 5.41 Å². The molecule has 2 unspecified atom stereocenters. The molecule has 2 atom stereocenters. The van der Waals surface area contributed by atoms with Crippen LogP contribution in [0.1, 0.15) is 39.3 Å². The molecule has 0 saturated heterocycles. The molecule has 0 radical (unpaired) electrons. The zero-order valence-electron chi connectivity index (χ0n) is 13.7. The topological polar surface area (TPSA) is 73.6 Å². The van der Waals surface area contributed by atoms with E-state index in [1.807, 2.05) is 45.9 Å². The molecule has 0 aliphatic carbocycles. The van der Waals surface area contributed by atoms with Gasteiger partial charge in [-0.2, -0.15) is 0 Å². The highest BCUT2D eigenvalue weighted by atomic mass is 16.5. The van der Waals surface area contributed by atoms with Crippen molar-refractivity contribution >= 4 is 5.91 Å². The SMILES string of the molecule is COc1ccc(OC)c(C(C)NC(=O)C(N)C(C)(C)C)c1. The van der Waals surface area contributed by atoms with Gasteiger partial charge in [-0.25, -0.2) is 0 Å². The van der Waals surface area contributed by atoms with Gasteiger partial charge >= 0.3 is 0 Å². The summed E-state index contributed by atoms with van der Waals surface area (Å²) in [7, 11) is 3.20. The zero-order chi connectivity index (χ0) is 16.2. The molecule has 1 aromatic carbocycles. The first kappa shape index (κ1) is 17.3. The lowest BCUT2D eigenvalue weighted by molar-refractivity contribution is -0.125. The Morgan fingerprint density at radius 1 is 1.24 bits per heavy atom. The minimum Gasteiger partial charge on any atom is -0.497 e. The molecule has 0 aliphatic rings. The summed E-state index contributed by atoms with van der Waals surface area (Å²) in [5.74, 6) is 1.24. The fraction of sp³-hybridized carbons (Fsp3) is 0.562. The maximum Gasteiger partial charge on any atom is 0.237 e. The van der Waals surface area contributed by atoms with Crippen molar-refractivity contribution < 1.29 is 14.3 Å². The van der Waals surface area contributed by atoms with Crippen LogP contribution in [-0.4, -0.2) is 26.2 Å². The summed E-state index contributed by atoms with van der Waals surface area (Å²) in [6.07, 6.45) is 0. The van der Waals surface area contributed by atoms with Gasteiger partial charge in [0, 0.05) is 5.56 Å². The Labute approximate surface area is 126 Å². The molecule has 1 aromatic rings. The summed E-state index contributed by atoms with van der Waals surface area (Å²) >= 11 is 0. The number of amides is 1. The van der Waals surface area contributed by atoms with Crippen molar-refractivity contribution in [1.29, 1.82) is 0 Å². The number of nitrogens with one attached hydrogen (secondary N) is 1. The first-order chi connectivity index (χ1) is 9.70. The third kappa shape index (κ3) is 4.36. The van der Waals surface area contributed by atoms with Gasteiger partial charge in [0.1, 0.15) is 11.5 Å². The molecule has 5 nitrogen and oxygen atoms in total. The first-order valence-electron chi connectivity index (χ1n) is 6.98. The van der Waals surface area contributed by atoms with Gasteiger partial charge in [0.15, 0.2) is 0 Å². The van der Waals surface area contributed by atoms with Gasteiger partial charge in [0.05, 0.1) is 26.3 Å². The second-order valence-electron chi connectivity index (χ2n) is 6.18. The Morgan fingerprint density at radius 2 is 1.86 bits per heavy atom. The van der Waals surface area contributed by atoms with E-state index in [0.29, 0.717) is 11.5 Å². The monoisotopic (exact) mass is 294 g/mol. The van der Waals surface area contributed by atoms with Gasteiger partial charge < -0.3 is 20.5 Å². The number of hydrogen-bond acceptors (Lipinski definition) is 4. The first-order valence-corrected chi connectivity index (χ1v) is 6.98. The summed E-state index contributed by atoms with van der Waals surface area (Å²) in [5, 5.41) is 2.93. The molecule has 3 N–H and O–H groups in total. The molecule has 0 spiro atoms. The minimum absolute atomic E-state index is 0.181. The average molecular weight is 294 g/mol. The predicted octanol–water partition coefficient (Wildman–Crippen LogP) is 2.25. The number of ether oxygens (including phenoxy) is 2. The second kappa shape index (κ2) is 6.80. The zero-order valence-corrected chi connectivity index (χ0v) is 13.7. The molecule has 0 aromatic heterocycles.